The van der Waals surface area contributed by atoms with Gasteiger partial charge in [0.2, 0.25) is 0 Å². The number of nitrogens with one attached hydrogen (secondary N) is 1. The van der Waals surface area contributed by atoms with Crippen molar-refractivity contribution in [1.82, 2.24) is 34.9 Å². The van der Waals surface area contributed by atoms with Crippen LogP contribution in [0.25, 0.3) is 22.6 Å². The summed E-state index contributed by atoms with van der Waals surface area (Å²) in [5, 5.41) is 7.42. The lowest BCUT2D eigenvalue weighted by Gasteiger charge is -2.10. The summed E-state index contributed by atoms with van der Waals surface area (Å²) in [5.74, 6) is 0.324. The molecule has 36 heavy (non-hydrogen) atoms. The van der Waals surface area contributed by atoms with E-state index in [-0.39, 0.29) is 11.5 Å². The van der Waals surface area contributed by atoms with E-state index in [0.717, 1.165) is 36.1 Å². The second-order valence-electron chi connectivity index (χ2n) is 8.71. The van der Waals surface area contributed by atoms with Gasteiger partial charge in [-0.2, -0.15) is 5.10 Å². The number of amides is 1. The zero-order chi connectivity index (χ0) is 25.3. The standard InChI is InChI=1S/C27H29N7O2/c1-33(2)15-4-3-12-29-27(36)23-17-30-26(31-18-23)22-7-5-6-20(16-22)19-34-25(35)9-8-24(32-34)21-10-13-28-14-11-21/h5-11,13-14,16-18H,3-4,12,15,19H2,1-2H3,(H,29,36). The number of rotatable bonds is 10. The summed E-state index contributed by atoms with van der Waals surface area (Å²) in [6, 6.07) is 14.6. The van der Waals surface area contributed by atoms with Gasteiger partial charge in [0.1, 0.15) is 0 Å². The lowest BCUT2D eigenvalue weighted by Crippen LogP contribution is -2.25. The van der Waals surface area contributed by atoms with Crippen molar-refractivity contribution >= 4 is 5.91 Å². The van der Waals surface area contributed by atoms with Crippen LogP contribution in [0.15, 0.2) is 78.1 Å². The van der Waals surface area contributed by atoms with E-state index in [1.54, 1.807) is 18.5 Å². The highest BCUT2D eigenvalue weighted by Gasteiger charge is 2.10. The minimum absolute atomic E-state index is 0.181. The third kappa shape index (κ3) is 6.67. The number of hydrogen-bond donors (Lipinski definition) is 1. The van der Waals surface area contributed by atoms with E-state index in [1.807, 2.05) is 50.5 Å². The number of carbonyl (C=O) groups is 1. The first-order valence-electron chi connectivity index (χ1n) is 11.8. The molecule has 3 heterocycles. The maximum Gasteiger partial charge on any atom is 0.267 e. The number of nitrogens with zero attached hydrogens (tertiary/aromatic N) is 6. The van der Waals surface area contributed by atoms with E-state index in [1.165, 1.54) is 23.1 Å². The molecule has 0 aliphatic carbocycles. The molecule has 9 nitrogen and oxygen atoms in total. The van der Waals surface area contributed by atoms with Crippen LogP contribution in [-0.4, -0.2) is 62.7 Å². The minimum atomic E-state index is -0.188. The van der Waals surface area contributed by atoms with E-state index in [4.69, 9.17) is 0 Å². The quantitative estimate of drug-likeness (QED) is 0.346. The highest BCUT2D eigenvalue weighted by atomic mass is 16.1. The van der Waals surface area contributed by atoms with E-state index in [9.17, 15) is 9.59 Å². The van der Waals surface area contributed by atoms with E-state index >= 15 is 0 Å². The molecule has 184 valence electrons. The molecule has 0 bridgehead atoms. The van der Waals surface area contributed by atoms with Crippen LogP contribution in [0.4, 0.5) is 0 Å². The Labute approximate surface area is 209 Å². The van der Waals surface area contributed by atoms with Crippen molar-refractivity contribution < 1.29 is 4.79 Å². The highest BCUT2D eigenvalue weighted by Crippen LogP contribution is 2.18. The fraction of sp³-hybridized carbons (Fsp3) is 0.259. The topological polar surface area (TPSA) is 106 Å². The monoisotopic (exact) mass is 483 g/mol. The maximum atomic E-state index is 12.4. The Morgan fingerprint density at radius 2 is 1.75 bits per heavy atom. The molecule has 0 unspecified atom stereocenters. The molecule has 4 rings (SSSR count). The molecule has 1 N–H and O–H groups in total. The number of carbonyl (C=O) groups excluding carboxylic acids is 1. The fourth-order valence-electron chi connectivity index (χ4n) is 3.67. The summed E-state index contributed by atoms with van der Waals surface area (Å²) in [5.41, 5.74) is 3.50. The Hall–Kier alpha value is -4.24. The first-order chi connectivity index (χ1) is 17.5. The Bertz CT molecular complexity index is 1350. The van der Waals surface area contributed by atoms with Gasteiger partial charge in [0, 0.05) is 48.5 Å². The molecule has 4 aromatic rings. The average Bonchev–Trinajstić information content (AvgIpc) is 2.90. The van der Waals surface area contributed by atoms with Crippen molar-refractivity contribution in [2.45, 2.75) is 19.4 Å². The number of pyridine rings is 1. The molecular weight excluding hydrogens is 454 g/mol. The van der Waals surface area contributed by atoms with Gasteiger partial charge in [-0.05, 0) is 63.3 Å². The van der Waals surface area contributed by atoms with Crippen molar-refractivity contribution in [2.24, 2.45) is 0 Å². The highest BCUT2D eigenvalue weighted by molar-refractivity contribution is 5.93. The van der Waals surface area contributed by atoms with E-state index < -0.39 is 0 Å². The Balaban J connectivity index is 1.42. The van der Waals surface area contributed by atoms with E-state index in [2.05, 4.69) is 30.3 Å². The zero-order valence-electron chi connectivity index (χ0n) is 20.5. The fourth-order valence-corrected chi connectivity index (χ4v) is 3.67. The largest absolute Gasteiger partial charge is 0.352 e. The van der Waals surface area contributed by atoms with Crippen LogP contribution in [0.1, 0.15) is 28.8 Å². The summed E-state index contributed by atoms with van der Waals surface area (Å²) >= 11 is 0. The van der Waals surface area contributed by atoms with Gasteiger partial charge < -0.3 is 10.2 Å². The minimum Gasteiger partial charge on any atom is -0.352 e. The first kappa shape index (κ1) is 24.9. The van der Waals surface area contributed by atoms with Crippen molar-refractivity contribution in [3.63, 3.8) is 0 Å². The molecule has 0 saturated carbocycles. The molecule has 1 aromatic carbocycles. The van der Waals surface area contributed by atoms with Gasteiger partial charge in [0.05, 0.1) is 17.8 Å². The summed E-state index contributed by atoms with van der Waals surface area (Å²) in [6.07, 6.45) is 8.39. The molecule has 0 aliphatic heterocycles. The number of aromatic nitrogens is 5. The van der Waals surface area contributed by atoms with Crippen molar-refractivity contribution in [3.05, 3.63) is 94.8 Å². The molecule has 0 aliphatic rings. The summed E-state index contributed by atoms with van der Waals surface area (Å²) in [7, 11) is 4.07. The first-order valence-corrected chi connectivity index (χ1v) is 11.8. The average molecular weight is 484 g/mol. The normalized spacial score (nSPS) is 11.0. The molecule has 0 atom stereocenters. The summed E-state index contributed by atoms with van der Waals surface area (Å²) < 4.78 is 1.43. The number of benzene rings is 1. The van der Waals surface area contributed by atoms with Gasteiger partial charge in [-0.3, -0.25) is 14.6 Å². The van der Waals surface area contributed by atoms with Gasteiger partial charge in [0.15, 0.2) is 5.82 Å². The molecule has 1 amide bonds. The molecule has 9 heteroatoms. The zero-order valence-corrected chi connectivity index (χ0v) is 20.5. The third-order valence-corrected chi connectivity index (χ3v) is 5.59. The van der Waals surface area contributed by atoms with Gasteiger partial charge >= 0.3 is 0 Å². The van der Waals surface area contributed by atoms with Crippen LogP contribution in [0.3, 0.4) is 0 Å². The SMILES string of the molecule is CN(C)CCCCNC(=O)c1cnc(-c2cccc(Cn3nc(-c4ccncc4)ccc3=O)c2)nc1. The van der Waals surface area contributed by atoms with Crippen molar-refractivity contribution in [3.8, 4) is 22.6 Å². The van der Waals surface area contributed by atoms with E-state index in [0.29, 0.717) is 30.2 Å². The summed E-state index contributed by atoms with van der Waals surface area (Å²) in [6.45, 7) is 1.92. The molecule has 0 fully saturated rings. The predicted molar refractivity (Wildman–Crippen MR) is 138 cm³/mol. The molecule has 0 saturated heterocycles. The lowest BCUT2D eigenvalue weighted by atomic mass is 10.1. The van der Waals surface area contributed by atoms with Crippen molar-refractivity contribution in [2.75, 3.05) is 27.2 Å². The number of unbranched alkanes of at least 4 members (excludes halogenated alkanes) is 1. The van der Waals surface area contributed by atoms with Crippen LogP contribution in [-0.2, 0) is 6.54 Å². The number of hydrogen-bond acceptors (Lipinski definition) is 7. The predicted octanol–water partition coefficient (Wildman–Crippen LogP) is 2.88. The Kier molecular flexibility index (Phi) is 8.25. The van der Waals surface area contributed by atoms with Crippen LogP contribution < -0.4 is 10.9 Å². The smallest absolute Gasteiger partial charge is 0.267 e. The molecule has 0 spiro atoms. The second kappa shape index (κ2) is 11.9. The van der Waals surface area contributed by atoms with Crippen molar-refractivity contribution in [1.29, 1.82) is 0 Å². The molecule has 3 aromatic heterocycles. The Morgan fingerprint density at radius 1 is 0.972 bits per heavy atom. The molecule has 0 radical (unpaired) electrons. The van der Waals surface area contributed by atoms with Gasteiger partial charge in [-0.15, -0.1) is 0 Å². The van der Waals surface area contributed by atoms with Gasteiger partial charge in [0.25, 0.3) is 11.5 Å². The Morgan fingerprint density at radius 3 is 2.50 bits per heavy atom. The van der Waals surface area contributed by atoms with Crippen LogP contribution in [0.5, 0.6) is 0 Å². The van der Waals surface area contributed by atoms with Gasteiger partial charge in [-0.25, -0.2) is 14.6 Å². The van der Waals surface area contributed by atoms with Crippen LogP contribution in [0.2, 0.25) is 0 Å². The third-order valence-electron chi connectivity index (χ3n) is 5.59. The lowest BCUT2D eigenvalue weighted by molar-refractivity contribution is 0.0952. The van der Waals surface area contributed by atoms with Crippen LogP contribution in [0, 0.1) is 0 Å². The van der Waals surface area contributed by atoms with Gasteiger partial charge in [-0.1, -0.05) is 18.2 Å². The maximum absolute atomic E-state index is 12.4. The molecular formula is C27H29N7O2. The van der Waals surface area contributed by atoms with Crippen LogP contribution >= 0.6 is 0 Å². The summed E-state index contributed by atoms with van der Waals surface area (Å²) in [4.78, 5) is 39.7. The second-order valence-corrected chi connectivity index (χ2v) is 8.71.